The molecule has 35 heavy (non-hydrogen) atoms. The van der Waals surface area contributed by atoms with E-state index in [1.54, 1.807) is 20.3 Å². The third-order valence-electron chi connectivity index (χ3n) is 7.14. The minimum atomic E-state index is -3.74. The average Bonchev–Trinajstić information content (AvgIpc) is 3.35. The topological polar surface area (TPSA) is 76.7 Å². The molecule has 1 heterocycles. The van der Waals surface area contributed by atoms with Gasteiger partial charge in [-0.05, 0) is 73.2 Å². The molecule has 0 amide bonds. The minimum Gasteiger partial charge on any atom is -0.497 e. The number of aryl methyl sites for hydroxylation is 2. The first kappa shape index (κ1) is 23.3. The molecule has 2 aliphatic rings. The molecule has 1 aliphatic heterocycles. The van der Waals surface area contributed by atoms with Gasteiger partial charge in [0.1, 0.15) is 11.5 Å². The van der Waals surface area contributed by atoms with Crippen molar-refractivity contribution in [1.82, 2.24) is 0 Å². The number of benzene rings is 3. The second kappa shape index (κ2) is 8.96. The van der Waals surface area contributed by atoms with Crippen LogP contribution in [0.3, 0.4) is 0 Å². The number of anilines is 2. The molecule has 0 aromatic heterocycles. The fourth-order valence-corrected chi connectivity index (χ4v) is 6.53. The smallest absolute Gasteiger partial charge is 0.261 e. The predicted octanol–water partition coefficient (Wildman–Crippen LogP) is 5.95. The number of hydrogen-bond donors (Lipinski definition) is 2. The lowest BCUT2D eigenvalue weighted by Gasteiger charge is -2.38. The SMILES string of the molecule is COc1ccc([C@H]2Nc3ccc(S(=O)(=O)Nc4c(C)cccc4C)cc3[C@H]3C=CC[C@H]32)c(OC)c1. The van der Waals surface area contributed by atoms with Gasteiger partial charge in [-0.3, -0.25) is 4.72 Å². The van der Waals surface area contributed by atoms with Gasteiger partial charge < -0.3 is 14.8 Å². The number of nitrogens with one attached hydrogen (secondary N) is 2. The molecule has 0 unspecified atom stereocenters. The Labute approximate surface area is 207 Å². The molecule has 3 aromatic rings. The van der Waals surface area contributed by atoms with Crippen LogP contribution in [0.5, 0.6) is 11.5 Å². The summed E-state index contributed by atoms with van der Waals surface area (Å²) >= 11 is 0. The summed E-state index contributed by atoms with van der Waals surface area (Å²) in [5, 5.41) is 3.67. The van der Waals surface area contributed by atoms with Crippen molar-refractivity contribution in [3.63, 3.8) is 0 Å². The maximum atomic E-state index is 13.3. The number of ether oxygens (including phenoxy) is 2. The normalized spacial score (nSPS) is 20.5. The number of rotatable bonds is 6. The Morgan fingerprint density at radius 2 is 1.71 bits per heavy atom. The summed E-state index contributed by atoms with van der Waals surface area (Å²) in [6.45, 7) is 3.81. The van der Waals surface area contributed by atoms with Gasteiger partial charge >= 0.3 is 0 Å². The highest BCUT2D eigenvalue weighted by Gasteiger charge is 2.39. The lowest BCUT2D eigenvalue weighted by atomic mass is 9.77. The number of methoxy groups -OCH3 is 2. The van der Waals surface area contributed by atoms with E-state index in [1.807, 2.05) is 62.4 Å². The summed E-state index contributed by atoms with van der Waals surface area (Å²) in [6, 6.07) is 17.0. The molecule has 2 N–H and O–H groups in total. The van der Waals surface area contributed by atoms with E-state index in [2.05, 4.69) is 22.2 Å². The van der Waals surface area contributed by atoms with Crippen molar-refractivity contribution in [2.75, 3.05) is 24.3 Å². The average molecular weight is 491 g/mol. The Hall–Kier alpha value is -3.45. The van der Waals surface area contributed by atoms with Gasteiger partial charge in [0.25, 0.3) is 10.0 Å². The van der Waals surface area contributed by atoms with Crippen molar-refractivity contribution >= 4 is 21.4 Å². The summed E-state index contributed by atoms with van der Waals surface area (Å²) in [7, 11) is -0.434. The van der Waals surface area contributed by atoms with E-state index in [0.717, 1.165) is 45.9 Å². The second-order valence-electron chi connectivity index (χ2n) is 9.20. The van der Waals surface area contributed by atoms with Gasteiger partial charge in [-0.2, -0.15) is 0 Å². The van der Waals surface area contributed by atoms with Crippen LogP contribution in [-0.4, -0.2) is 22.6 Å². The molecule has 0 spiro atoms. The van der Waals surface area contributed by atoms with Crippen LogP contribution < -0.4 is 19.5 Å². The minimum absolute atomic E-state index is 0.0264. The fraction of sp³-hybridized carbons (Fsp3) is 0.286. The first-order valence-electron chi connectivity index (χ1n) is 11.7. The predicted molar refractivity (Wildman–Crippen MR) is 139 cm³/mol. The summed E-state index contributed by atoms with van der Waals surface area (Å²) in [5.41, 5.74) is 5.41. The highest BCUT2D eigenvalue weighted by molar-refractivity contribution is 7.92. The molecule has 182 valence electrons. The highest BCUT2D eigenvalue weighted by Crippen LogP contribution is 2.51. The van der Waals surface area contributed by atoms with Gasteiger partial charge in [-0.15, -0.1) is 0 Å². The molecular weight excluding hydrogens is 460 g/mol. The van der Waals surface area contributed by atoms with E-state index >= 15 is 0 Å². The van der Waals surface area contributed by atoms with Crippen LogP contribution in [0.4, 0.5) is 11.4 Å². The Balaban J connectivity index is 1.51. The summed E-state index contributed by atoms with van der Waals surface area (Å²) in [4.78, 5) is 0.264. The molecule has 0 radical (unpaired) electrons. The molecule has 0 fully saturated rings. The second-order valence-corrected chi connectivity index (χ2v) is 10.9. The third-order valence-corrected chi connectivity index (χ3v) is 8.49. The lowest BCUT2D eigenvalue weighted by molar-refractivity contribution is 0.372. The zero-order chi connectivity index (χ0) is 24.7. The Bertz CT molecular complexity index is 1390. The third kappa shape index (κ3) is 4.14. The van der Waals surface area contributed by atoms with E-state index in [0.29, 0.717) is 5.69 Å². The largest absolute Gasteiger partial charge is 0.497 e. The van der Waals surface area contributed by atoms with Crippen LogP contribution in [0.1, 0.15) is 40.6 Å². The molecule has 3 atom stereocenters. The van der Waals surface area contributed by atoms with Crippen LogP contribution in [0.25, 0.3) is 0 Å². The fourth-order valence-electron chi connectivity index (χ4n) is 5.29. The zero-order valence-electron chi connectivity index (χ0n) is 20.3. The van der Waals surface area contributed by atoms with Crippen LogP contribution >= 0.6 is 0 Å². The highest BCUT2D eigenvalue weighted by atomic mass is 32.2. The molecule has 6 nitrogen and oxygen atoms in total. The van der Waals surface area contributed by atoms with E-state index in [1.165, 1.54) is 0 Å². The quantitative estimate of drug-likeness (QED) is 0.418. The van der Waals surface area contributed by atoms with Gasteiger partial charge in [0, 0.05) is 23.2 Å². The van der Waals surface area contributed by atoms with Crippen molar-refractivity contribution in [2.45, 2.75) is 37.1 Å². The van der Waals surface area contributed by atoms with Crippen LogP contribution in [0.2, 0.25) is 0 Å². The first-order chi connectivity index (χ1) is 16.8. The maximum absolute atomic E-state index is 13.3. The molecular formula is C28H30N2O4S. The van der Waals surface area contributed by atoms with E-state index < -0.39 is 10.0 Å². The van der Waals surface area contributed by atoms with Crippen molar-refractivity contribution in [1.29, 1.82) is 0 Å². The molecule has 0 bridgehead atoms. The lowest BCUT2D eigenvalue weighted by Crippen LogP contribution is -2.29. The molecule has 1 aliphatic carbocycles. The first-order valence-corrected chi connectivity index (χ1v) is 13.2. The Kier molecular flexibility index (Phi) is 5.97. The standard InChI is InChI=1S/C28H30N2O4S/c1-17-7-5-8-18(2)27(17)30-35(31,32)20-12-14-25-24(16-20)21-9-6-10-22(21)28(29-25)23-13-11-19(33-3)15-26(23)34-4/h5-9,11-16,21-22,28-30H,10H2,1-4H3/t21-,22+,28-/m0/s1. The summed E-state index contributed by atoms with van der Waals surface area (Å²) in [6.07, 6.45) is 5.28. The van der Waals surface area contributed by atoms with Crippen molar-refractivity contribution in [2.24, 2.45) is 5.92 Å². The van der Waals surface area contributed by atoms with E-state index in [-0.39, 0.29) is 22.8 Å². The van der Waals surface area contributed by atoms with Crippen LogP contribution in [0, 0.1) is 19.8 Å². The molecule has 7 heteroatoms. The van der Waals surface area contributed by atoms with Gasteiger partial charge in [-0.1, -0.05) is 30.4 Å². The van der Waals surface area contributed by atoms with Gasteiger partial charge in [0.15, 0.2) is 0 Å². The molecule has 0 saturated heterocycles. The number of para-hydroxylation sites is 1. The molecule has 0 saturated carbocycles. The monoisotopic (exact) mass is 490 g/mol. The van der Waals surface area contributed by atoms with Crippen molar-refractivity contribution < 1.29 is 17.9 Å². The number of fused-ring (bicyclic) bond motifs is 3. The number of allylic oxidation sites excluding steroid dienone is 2. The Morgan fingerprint density at radius 1 is 0.943 bits per heavy atom. The van der Waals surface area contributed by atoms with Gasteiger partial charge in [0.05, 0.1) is 30.8 Å². The van der Waals surface area contributed by atoms with Crippen molar-refractivity contribution in [3.05, 3.63) is 89.0 Å². The van der Waals surface area contributed by atoms with E-state index in [4.69, 9.17) is 9.47 Å². The van der Waals surface area contributed by atoms with Crippen LogP contribution in [0.15, 0.2) is 71.6 Å². The van der Waals surface area contributed by atoms with Crippen LogP contribution in [-0.2, 0) is 10.0 Å². The summed E-state index contributed by atoms with van der Waals surface area (Å²) < 4.78 is 40.5. The summed E-state index contributed by atoms with van der Waals surface area (Å²) in [5.74, 6) is 1.87. The van der Waals surface area contributed by atoms with Crippen molar-refractivity contribution in [3.8, 4) is 11.5 Å². The Morgan fingerprint density at radius 3 is 2.43 bits per heavy atom. The van der Waals surface area contributed by atoms with E-state index in [9.17, 15) is 8.42 Å². The number of hydrogen-bond acceptors (Lipinski definition) is 5. The molecule has 3 aromatic carbocycles. The zero-order valence-corrected chi connectivity index (χ0v) is 21.1. The molecule has 5 rings (SSSR count). The maximum Gasteiger partial charge on any atom is 0.261 e. The number of sulfonamides is 1. The van der Waals surface area contributed by atoms with Gasteiger partial charge in [0.2, 0.25) is 0 Å². The van der Waals surface area contributed by atoms with Gasteiger partial charge in [-0.25, -0.2) is 8.42 Å².